The standard InChI is InChI=1S/C25H33N5O5S/c1-16-12-26-24(27-13-16)17(2)18(3)36(31,32)15-22-28-29-25(19-8-7-11-35-14-19)30(22)23-20(33-4)9-6-10-21(23)34-5/h6,9-10,12-13,17-19H,7-8,11,14-15H2,1-5H3/t17-,18-,19+/m0/s1. The number of rotatable bonds is 9. The van der Waals surface area contributed by atoms with E-state index < -0.39 is 21.0 Å². The van der Waals surface area contributed by atoms with Crippen LogP contribution in [0.15, 0.2) is 30.6 Å². The minimum Gasteiger partial charge on any atom is -0.494 e. The van der Waals surface area contributed by atoms with Crippen molar-refractivity contribution >= 4 is 9.84 Å². The molecule has 0 amide bonds. The van der Waals surface area contributed by atoms with E-state index >= 15 is 0 Å². The molecule has 0 N–H and O–H groups in total. The average molecular weight is 516 g/mol. The van der Waals surface area contributed by atoms with Gasteiger partial charge in [-0.05, 0) is 44.4 Å². The number of sulfone groups is 1. The van der Waals surface area contributed by atoms with E-state index in [0.717, 1.165) is 18.4 Å². The summed E-state index contributed by atoms with van der Waals surface area (Å²) in [5.74, 6) is 1.72. The molecule has 3 aromatic rings. The summed E-state index contributed by atoms with van der Waals surface area (Å²) >= 11 is 0. The van der Waals surface area contributed by atoms with Crippen LogP contribution < -0.4 is 9.47 Å². The van der Waals surface area contributed by atoms with Crippen LogP contribution in [-0.4, -0.2) is 65.8 Å². The molecule has 2 aromatic heterocycles. The van der Waals surface area contributed by atoms with Crippen molar-refractivity contribution in [3.05, 3.63) is 53.6 Å². The maximum atomic E-state index is 13.6. The van der Waals surface area contributed by atoms with Crippen LogP contribution in [0.5, 0.6) is 11.5 Å². The molecule has 0 radical (unpaired) electrons. The van der Waals surface area contributed by atoms with Crippen LogP contribution in [0, 0.1) is 6.92 Å². The molecule has 0 spiro atoms. The third kappa shape index (κ3) is 5.22. The second-order valence-electron chi connectivity index (χ2n) is 9.15. The summed E-state index contributed by atoms with van der Waals surface area (Å²) in [5.41, 5.74) is 1.49. The van der Waals surface area contributed by atoms with Crippen molar-refractivity contribution in [3.8, 4) is 17.2 Å². The second kappa shape index (κ2) is 10.9. The zero-order valence-electron chi connectivity index (χ0n) is 21.3. The number of hydrogen-bond acceptors (Lipinski definition) is 9. The van der Waals surface area contributed by atoms with Crippen molar-refractivity contribution in [1.29, 1.82) is 0 Å². The van der Waals surface area contributed by atoms with Gasteiger partial charge >= 0.3 is 0 Å². The van der Waals surface area contributed by atoms with Gasteiger partial charge in [0.15, 0.2) is 15.7 Å². The van der Waals surface area contributed by atoms with Gasteiger partial charge in [-0.25, -0.2) is 18.4 Å². The molecule has 1 aliphatic heterocycles. The SMILES string of the molecule is COc1cccc(OC)c1-n1c(CS(=O)(=O)[C@@H](C)[C@H](C)c2ncc(C)cn2)nnc1[C@@H]1CCCOC1. The number of methoxy groups -OCH3 is 2. The topological polar surface area (TPSA) is 118 Å². The van der Waals surface area contributed by atoms with E-state index in [2.05, 4.69) is 20.2 Å². The van der Waals surface area contributed by atoms with E-state index in [9.17, 15) is 8.42 Å². The number of hydrogen-bond donors (Lipinski definition) is 0. The summed E-state index contributed by atoms with van der Waals surface area (Å²) in [4.78, 5) is 8.68. The van der Waals surface area contributed by atoms with E-state index in [4.69, 9.17) is 14.2 Å². The first-order valence-electron chi connectivity index (χ1n) is 12.0. The van der Waals surface area contributed by atoms with Crippen molar-refractivity contribution in [2.75, 3.05) is 27.4 Å². The van der Waals surface area contributed by atoms with E-state index in [0.29, 0.717) is 47.9 Å². The molecule has 10 nitrogen and oxygen atoms in total. The molecule has 4 rings (SSSR count). The van der Waals surface area contributed by atoms with E-state index in [1.54, 1.807) is 50.2 Å². The molecule has 1 aliphatic rings. The van der Waals surface area contributed by atoms with E-state index in [-0.39, 0.29) is 11.7 Å². The molecule has 3 heterocycles. The van der Waals surface area contributed by atoms with E-state index in [1.165, 1.54) is 0 Å². The van der Waals surface area contributed by atoms with Gasteiger partial charge in [0.05, 0.1) is 26.1 Å². The van der Waals surface area contributed by atoms with Gasteiger partial charge in [0.2, 0.25) is 0 Å². The zero-order chi connectivity index (χ0) is 25.9. The fourth-order valence-corrected chi connectivity index (χ4v) is 5.95. The Bertz CT molecular complexity index is 1260. The molecule has 194 valence electrons. The lowest BCUT2D eigenvalue weighted by atomic mass is 10.0. The van der Waals surface area contributed by atoms with Gasteiger partial charge in [-0.3, -0.25) is 4.57 Å². The Hall–Kier alpha value is -3.05. The smallest absolute Gasteiger partial charge is 0.160 e. The lowest BCUT2D eigenvalue weighted by molar-refractivity contribution is 0.0775. The number of ether oxygens (including phenoxy) is 3. The Balaban J connectivity index is 1.77. The van der Waals surface area contributed by atoms with Crippen LogP contribution in [0.4, 0.5) is 0 Å². The summed E-state index contributed by atoms with van der Waals surface area (Å²) in [7, 11) is -0.548. The minimum absolute atomic E-state index is 0.0328. The molecule has 0 aliphatic carbocycles. The maximum absolute atomic E-state index is 13.6. The Morgan fingerprint density at radius 1 is 1.11 bits per heavy atom. The third-order valence-electron chi connectivity index (χ3n) is 6.72. The minimum atomic E-state index is -3.67. The maximum Gasteiger partial charge on any atom is 0.160 e. The summed E-state index contributed by atoms with van der Waals surface area (Å²) in [6.07, 6.45) is 5.14. The number of benzene rings is 1. The number of nitrogens with zero attached hydrogens (tertiary/aromatic N) is 5. The first kappa shape index (κ1) is 26.0. The van der Waals surface area contributed by atoms with Crippen LogP contribution in [-0.2, 0) is 20.3 Å². The van der Waals surface area contributed by atoms with Gasteiger partial charge in [0.1, 0.15) is 34.6 Å². The monoisotopic (exact) mass is 515 g/mol. The van der Waals surface area contributed by atoms with Crippen molar-refractivity contribution < 1.29 is 22.6 Å². The van der Waals surface area contributed by atoms with Crippen LogP contribution in [0.2, 0.25) is 0 Å². The highest BCUT2D eigenvalue weighted by Crippen LogP contribution is 2.37. The third-order valence-corrected chi connectivity index (χ3v) is 8.92. The molecule has 0 unspecified atom stereocenters. The van der Waals surface area contributed by atoms with Gasteiger partial charge in [-0.1, -0.05) is 13.0 Å². The fourth-order valence-electron chi connectivity index (χ4n) is 4.40. The van der Waals surface area contributed by atoms with Crippen LogP contribution in [0.3, 0.4) is 0 Å². The Morgan fingerprint density at radius 2 is 1.78 bits per heavy atom. The second-order valence-corrected chi connectivity index (χ2v) is 11.5. The number of para-hydroxylation sites is 1. The highest BCUT2D eigenvalue weighted by molar-refractivity contribution is 7.91. The molecule has 36 heavy (non-hydrogen) atoms. The lowest BCUT2D eigenvalue weighted by Crippen LogP contribution is -2.28. The summed E-state index contributed by atoms with van der Waals surface area (Å²) in [6.45, 7) is 6.58. The first-order valence-corrected chi connectivity index (χ1v) is 13.7. The highest BCUT2D eigenvalue weighted by Gasteiger charge is 2.34. The van der Waals surface area contributed by atoms with Crippen LogP contribution in [0.25, 0.3) is 5.69 Å². The average Bonchev–Trinajstić information content (AvgIpc) is 3.30. The van der Waals surface area contributed by atoms with Crippen LogP contribution in [0.1, 0.15) is 61.6 Å². The van der Waals surface area contributed by atoms with Gasteiger partial charge in [-0.15, -0.1) is 10.2 Å². The predicted molar refractivity (Wildman–Crippen MR) is 135 cm³/mol. The van der Waals surface area contributed by atoms with Crippen molar-refractivity contribution in [1.82, 2.24) is 24.7 Å². The van der Waals surface area contributed by atoms with Crippen molar-refractivity contribution in [2.24, 2.45) is 0 Å². The van der Waals surface area contributed by atoms with Gasteiger partial charge in [0, 0.05) is 30.8 Å². The van der Waals surface area contributed by atoms with Gasteiger partial charge < -0.3 is 14.2 Å². The molecule has 1 aromatic carbocycles. The molecular weight excluding hydrogens is 482 g/mol. The normalized spacial score (nSPS) is 18.0. The molecule has 1 saturated heterocycles. The first-order chi connectivity index (χ1) is 17.3. The van der Waals surface area contributed by atoms with Crippen LogP contribution >= 0.6 is 0 Å². The zero-order valence-corrected chi connectivity index (χ0v) is 22.2. The molecule has 1 fully saturated rings. The van der Waals surface area contributed by atoms with Crippen molar-refractivity contribution in [2.45, 2.75) is 56.5 Å². The molecule has 0 saturated carbocycles. The van der Waals surface area contributed by atoms with E-state index in [1.807, 2.05) is 19.9 Å². The number of aromatic nitrogens is 5. The quantitative estimate of drug-likeness (QED) is 0.422. The Labute approximate surface area is 212 Å². The molecular formula is C25H33N5O5S. The molecule has 3 atom stereocenters. The largest absolute Gasteiger partial charge is 0.494 e. The molecule has 0 bridgehead atoms. The lowest BCUT2D eigenvalue weighted by Gasteiger charge is -2.24. The Kier molecular flexibility index (Phi) is 7.89. The van der Waals surface area contributed by atoms with Crippen molar-refractivity contribution in [3.63, 3.8) is 0 Å². The van der Waals surface area contributed by atoms with Gasteiger partial charge in [0.25, 0.3) is 0 Å². The highest BCUT2D eigenvalue weighted by atomic mass is 32.2. The summed E-state index contributed by atoms with van der Waals surface area (Å²) in [5, 5.41) is 8.08. The molecule has 11 heteroatoms. The van der Waals surface area contributed by atoms with Gasteiger partial charge in [-0.2, -0.15) is 0 Å². The fraction of sp³-hybridized carbons (Fsp3) is 0.520. The summed E-state index contributed by atoms with van der Waals surface area (Å²) < 4.78 is 46.0. The summed E-state index contributed by atoms with van der Waals surface area (Å²) in [6, 6.07) is 5.42. The Morgan fingerprint density at radius 3 is 2.36 bits per heavy atom. The predicted octanol–water partition coefficient (Wildman–Crippen LogP) is 3.38. The number of aryl methyl sites for hydroxylation is 1.